The summed E-state index contributed by atoms with van der Waals surface area (Å²) in [6.07, 6.45) is 12.8. The molecule has 0 aliphatic carbocycles. The van der Waals surface area contributed by atoms with E-state index in [0.29, 0.717) is 5.57 Å². The Labute approximate surface area is 233 Å². The van der Waals surface area contributed by atoms with E-state index in [-0.39, 0.29) is 17.0 Å². The normalized spacial score (nSPS) is 14.2. The first kappa shape index (κ1) is 29.0. The molecule has 5 heteroatoms. The van der Waals surface area contributed by atoms with Crippen LogP contribution in [-0.2, 0) is 4.74 Å². The molecule has 39 heavy (non-hydrogen) atoms. The van der Waals surface area contributed by atoms with E-state index < -0.39 is 5.60 Å². The number of nitrogens with zero attached hydrogens (tertiary/aromatic N) is 4. The summed E-state index contributed by atoms with van der Waals surface area (Å²) in [4.78, 5) is 6.06. The highest BCUT2D eigenvalue weighted by Gasteiger charge is 2.38. The maximum Gasteiger partial charge on any atom is 0.237 e. The van der Waals surface area contributed by atoms with Crippen molar-refractivity contribution in [3.8, 4) is 12.1 Å². The van der Waals surface area contributed by atoms with Gasteiger partial charge in [0.15, 0.2) is 11.3 Å². The molecular weight excluding hydrogens is 480 g/mol. The summed E-state index contributed by atoms with van der Waals surface area (Å²) in [6.45, 7) is 17.9. The molecular formula is C34H36N4O. The highest BCUT2D eigenvalue weighted by Crippen LogP contribution is 2.41. The van der Waals surface area contributed by atoms with Crippen LogP contribution in [0, 0.1) is 29.2 Å². The minimum absolute atomic E-state index is 0.0581. The molecule has 2 aromatic carbocycles. The minimum Gasteiger partial charge on any atom is -0.493 e. The standard InChI is InChI=1S/C34H36N4O/c1-6-8-22-38(23-9-7-2)30-19-16-28(17-20-30)15-12-26-10-13-27(14-11-26)18-21-31-32(37-5)33(29(24-35)25-36)39-34(31,3)4/h10-21H,6-9,22-23H2,1-4H3/b15-12+,21-18+. The molecule has 2 aromatic rings. The van der Waals surface area contributed by atoms with Crippen molar-refractivity contribution in [1.82, 2.24) is 0 Å². The van der Waals surface area contributed by atoms with Crippen LogP contribution in [0.25, 0.3) is 23.1 Å². The highest BCUT2D eigenvalue weighted by molar-refractivity contribution is 5.71. The number of unbranched alkanes of at least 4 members (excludes halogenated alkanes) is 2. The average Bonchev–Trinajstić information content (AvgIpc) is 3.21. The van der Waals surface area contributed by atoms with E-state index in [1.807, 2.05) is 50.3 Å². The molecule has 0 saturated heterocycles. The molecule has 0 bridgehead atoms. The lowest BCUT2D eigenvalue weighted by atomic mass is 9.96. The van der Waals surface area contributed by atoms with E-state index >= 15 is 0 Å². The smallest absolute Gasteiger partial charge is 0.237 e. The van der Waals surface area contributed by atoms with Crippen LogP contribution in [0.2, 0.25) is 0 Å². The fraction of sp³-hybridized carbons (Fsp3) is 0.324. The van der Waals surface area contributed by atoms with Crippen molar-refractivity contribution < 1.29 is 4.74 Å². The van der Waals surface area contributed by atoms with E-state index in [9.17, 15) is 10.5 Å². The lowest BCUT2D eigenvalue weighted by molar-refractivity contribution is 0.0954. The van der Waals surface area contributed by atoms with Crippen LogP contribution < -0.4 is 4.90 Å². The number of nitriles is 2. The Hall–Kier alpha value is -4.53. The maximum absolute atomic E-state index is 9.24. The summed E-state index contributed by atoms with van der Waals surface area (Å²) in [7, 11) is 0. The predicted molar refractivity (Wildman–Crippen MR) is 160 cm³/mol. The topological polar surface area (TPSA) is 64.4 Å². The number of benzene rings is 2. The third kappa shape index (κ3) is 7.50. The van der Waals surface area contributed by atoms with E-state index in [1.54, 1.807) is 0 Å². The van der Waals surface area contributed by atoms with Crippen molar-refractivity contribution >= 4 is 23.9 Å². The van der Waals surface area contributed by atoms with Gasteiger partial charge in [-0.05, 0) is 55.5 Å². The van der Waals surface area contributed by atoms with E-state index in [4.69, 9.17) is 11.3 Å². The SMILES string of the molecule is [C-]#[N+]C1=C(/C=C/c2ccc(/C=C/c3ccc(N(CCCC)CCCC)cc3)cc2)C(C)(C)OC1=C(C#N)C#N. The quantitative estimate of drug-likeness (QED) is 0.170. The summed E-state index contributed by atoms with van der Waals surface area (Å²) in [5.41, 5.74) is 4.36. The summed E-state index contributed by atoms with van der Waals surface area (Å²) in [6, 6.07) is 20.6. The number of rotatable bonds is 11. The second-order valence-corrected chi connectivity index (χ2v) is 10.0. The summed E-state index contributed by atoms with van der Waals surface area (Å²) in [5.74, 6) is 0.0581. The van der Waals surface area contributed by atoms with Crippen LogP contribution in [-0.4, -0.2) is 18.7 Å². The molecule has 3 rings (SSSR count). The second-order valence-electron chi connectivity index (χ2n) is 10.0. The van der Waals surface area contributed by atoms with Gasteiger partial charge in [-0.1, -0.05) is 87.4 Å². The molecule has 0 fully saturated rings. The van der Waals surface area contributed by atoms with E-state index in [1.165, 1.54) is 31.4 Å². The molecule has 0 aromatic heterocycles. The first-order chi connectivity index (χ1) is 18.9. The minimum atomic E-state index is -0.814. The Bertz CT molecular complexity index is 1360. The van der Waals surface area contributed by atoms with Crippen molar-refractivity contribution in [3.63, 3.8) is 0 Å². The fourth-order valence-corrected chi connectivity index (χ4v) is 4.41. The lowest BCUT2D eigenvalue weighted by Gasteiger charge is -2.24. The number of anilines is 1. The summed E-state index contributed by atoms with van der Waals surface area (Å²) < 4.78 is 5.83. The van der Waals surface area contributed by atoms with Gasteiger partial charge in [0.1, 0.15) is 17.7 Å². The van der Waals surface area contributed by atoms with Gasteiger partial charge < -0.3 is 9.64 Å². The van der Waals surface area contributed by atoms with Gasteiger partial charge in [0.25, 0.3) is 0 Å². The van der Waals surface area contributed by atoms with Crippen LogP contribution in [0.4, 0.5) is 5.69 Å². The first-order valence-corrected chi connectivity index (χ1v) is 13.5. The van der Waals surface area contributed by atoms with Gasteiger partial charge >= 0.3 is 0 Å². The van der Waals surface area contributed by atoms with Crippen molar-refractivity contribution in [2.45, 2.75) is 59.0 Å². The van der Waals surface area contributed by atoms with Crippen molar-refractivity contribution in [2.75, 3.05) is 18.0 Å². The van der Waals surface area contributed by atoms with Gasteiger partial charge in [0.2, 0.25) is 5.70 Å². The summed E-state index contributed by atoms with van der Waals surface area (Å²) in [5, 5.41) is 18.5. The molecule has 0 amide bonds. The summed E-state index contributed by atoms with van der Waals surface area (Å²) >= 11 is 0. The molecule has 198 valence electrons. The monoisotopic (exact) mass is 516 g/mol. The van der Waals surface area contributed by atoms with Crippen molar-refractivity contribution in [1.29, 1.82) is 10.5 Å². The molecule has 0 atom stereocenters. The predicted octanol–water partition coefficient (Wildman–Crippen LogP) is 8.56. The number of ether oxygens (including phenoxy) is 1. The Kier molecular flexibility index (Phi) is 10.3. The number of hydrogen-bond donors (Lipinski definition) is 0. The Morgan fingerprint density at radius 2 is 1.31 bits per heavy atom. The van der Waals surface area contributed by atoms with E-state index in [2.05, 4.69) is 72.1 Å². The molecule has 0 unspecified atom stereocenters. The van der Waals surface area contributed by atoms with Crippen molar-refractivity contribution in [3.05, 3.63) is 105 Å². The highest BCUT2D eigenvalue weighted by atomic mass is 16.5. The Balaban J connectivity index is 1.72. The third-order valence-corrected chi connectivity index (χ3v) is 6.71. The molecule has 1 aliphatic heterocycles. The van der Waals surface area contributed by atoms with Gasteiger partial charge in [0, 0.05) is 24.4 Å². The van der Waals surface area contributed by atoms with Crippen LogP contribution >= 0.6 is 0 Å². The third-order valence-electron chi connectivity index (χ3n) is 6.71. The second kappa shape index (κ2) is 13.9. The van der Waals surface area contributed by atoms with Crippen LogP contribution in [0.3, 0.4) is 0 Å². The van der Waals surface area contributed by atoms with Crippen LogP contribution in [0.5, 0.6) is 0 Å². The van der Waals surface area contributed by atoms with Gasteiger partial charge in [-0.3, -0.25) is 0 Å². The molecule has 0 radical (unpaired) electrons. The van der Waals surface area contributed by atoms with Crippen molar-refractivity contribution in [2.24, 2.45) is 0 Å². The number of hydrogen-bond acceptors (Lipinski definition) is 4. The Morgan fingerprint density at radius 3 is 1.74 bits per heavy atom. The van der Waals surface area contributed by atoms with E-state index in [0.717, 1.165) is 29.8 Å². The van der Waals surface area contributed by atoms with Gasteiger partial charge in [-0.15, -0.1) is 0 Å². The molecule has 1 heterocycles. The van der Waals surface area contributed by atoms with Gasteiger partial charge in [0.05, 0.1) is 6.57 Å². The van der Waals surface area contributed by atoms with Crippen LogP contribution in [0.1, 0.15) is 70.1 Å². The molecule has 0 saturated carbocycles. The zero-order valence-electron chi connectivity index (χ0n) is 23.4. The first-order valence-electron chi connectivity index (χ1n) is 13.5. The van der Waals surface area contributed by atoms with Gasteiger partial charge in [-0.25, -0.2) is 4.85 Å². The van der Waals surface area contributed by atoms with Crippen LogP contribution in [0.15, 0.2) is 77.2 Å². The molecule has 5 nitrogen and oxygen atoms in total. The number of allylic oxidation sites excluding steroid dienone is 1. The Morgan fingerprint density at radius 1 is 0.846 bits per heavy atom. The molecule has 0 spiro atoms. The zero-order chi connectivity index (χ0) is 28.3. The lowest BCUT2D eigenvalue weighted by Crippen LogP contribution is -2.25. The van der Waals surface area contributed by atoms with Gasteiger partial charge in [-0.2, -0.15) is 10.5 Å². The largest absolute Gasteiger partial charge is 0.493 e. The zero-order valence-corrected chi connectivity index (χ0v) is 23.4. The fourth-order valence-electron chi connectivity index (χ4n) is 4.41. The molecule has 0 N–H and O–H groups in total. The average molecular weight is 517 g/mol. The molecule has 1 aliphatic rings. The maximum atomic E-state index is 9.24.